The summed E-state index contributed by atoms with van der Waals surface area (Å²) in [4.78, 5) is 11.6. The molecule has 6 heteroatoms. The van der Waals surface area contributed by atoms with E-state index in [1.54, 1.807) is 6.92 Å². The average Bonchev–Trinajstić information content (AvgIpc) is 2.11. The number of hydrogen-bond acceptors (Lipinski definition) is 5. The van der Waals surface area contributed by atoms with Crippen molar-refractivity contribution < 1.29 is 9.90 Å². The minimum atomic E-state index is -0.582. The third-order valence-electron chi connectivity index (χ3n) is 1.82. The fourth-order valence-electron chi connectivity index (χ4n) is 1.04. The van der Waals surface area contributed by atoms with E-state index < -0.39 is 6.10 Å². The number of nitrogens with two attached hydrogens (primary N) is 2. The smallest absolute Gasteiger partial charge is 0.268 e. The van der Waals surface area contributed by atoms with Crippen molar-refractivity contribution >= 4 is 5.91 Å². The van der Waals surface area contributed by atoms with Crippen LogP contribution in [0.15, 0.2) is 11.9 Å². The Hall–Kier alpha value is -1.27. The van der Waals surface area contributed by atoms with Crippen molar-refractivity contribution in [3.05, 3.63) is 11.9 Å². The predicted molar refractivity (Wildman–Crippen MR) is 67.3 cm³/mol. The molecule has 0 aliphatic heterocycles. The first-order valence-corrected chi connectivity index (χ1v) is 5.57. The van der Waals surface area contributed by atoms with Crippen molar-refractivity contribution in [3.8, 4) is 0 Å². The van der Waals surface area contributed by atoms with E-state index in [2.05, 4.69) is 5.32 Å². The second kappa shape index (κ2) is 6.46. The Labute approximate surface area is 103 Å². The lowest BCUT2D eigenvalue weighted by molar-refractivity contribution is -0.118. The van der Waals surface area contributed by atoms with E-state index in [1.165, 1.54) is 11.2 Å². The number of hydrogen-bond donors (Lipinski definition) is 4. The molecule has 17 heavy (non-hydrogen) atoms. The van der Waals surface area contributed by atoms with Gasteiger partial charge in [-0.15, -0.1) is 0 Å². The Balaban J connectivity index is 4.25. The van der Waals surface area contributed by atoms with Crippen LogP contribution in [0.25, 0.3) is 0 Å². The number of hydrazine groups is 1. The van der Waals surface area contributed by atoms with Gasteiger partial charge in [0.05, 0.1) is 12.6 Å². The van der Waals surface area contributed by atoms with Gasteiger partial charge in [-0.05, 0) is 12.3 Å². The van der Waals surface area contributed by atoms with Gasteiger partial charge in [0.25, 0.3) is 5.91 Å². The summed E-state index contributed by atoms with van der Waals surface area (Å²) in [6, 6.07) is 0. The highest BCUT2D eigenvalue weighted by molar-refractivity contribution is 5.92. The minimum Gasteiger partial charge on any atom is -0.393 e. The topological polar surface area (TPSA) is 105 Å². The second-order valence-corrected chi connectivity index (χ2v) is 5.37. The largest absolute Gasteiger partial charge is 0.393 e. The van der Waals surface area contributed by atoms with Crippen LogP contribution < -0.4 is 16.9 Å². The number of amides is 1. The van der Waals surface area contributed by atoms with Gasteiger partial charge in [0, 0.05) is 12.7 Å². The van der Waals surface area contributed by atoms with Gasteiger partial charge in [0.2, 0.25) is 0 Å². The lowest BCUT2D eigenvalue weighted by atomic mass is 9.97. The van der Waals surface area contributed by atoms with Gasteiger partial charge in [0.1, 0.15) is 5.70 Å². The lowest BCUT2D eigenvalue weighted by Crippen LogP contribution is -2.38. The van der Waals surface area contributed by atoms with Gasteiger partial charge in [-0.3, -0.25) is 4.79 Å². The number of nitrogens with zero attached hydrogens (tertiary/aromatic N) is 1. The first kappa shape index (κ1) is 15.7. The normalized spacial score (nSPS) is 14.4. The SMILES string of the molecule is CC(O)CN(N)/C=C(\N)C(=O)NCC(C)(C)C. The first-order valence-electron chi connectivity index (χ1n) is 5.57. The number of carbonyl (C=O) groups excluding carboxylic acids is 1. The van der Waals surface area contributed by atoms with Crippen LogP contribution in [0.3, 0.4) is 0 Å². The van der Waals surface area contributed by atoms with Crippen LogP contribution in [0.5, 0.6) is 0 Å². The Morgan fingerprint density at radius 1 is 1.53 bits per heavy atom. The van der Waals surface area contributed by atoms with Crippen LogP contribution in [0, 0.1) is 5.41 Å². The summed E-state index contributed by atoms with van der Waals surface area (Å²) < 4.78 is 0. The van der Waals surface area contributed by atoms with Crippen molar-refractivity contribution in [2.45, 2.75) is 33.8 Å². The molecule has 1 atom stereocenters. The molecule has 0 bridgehead atoms. The zero-order valence-electron chi connectivity index (χ0n) is 11.0. The molecule has 0 fully saturated rings. The minimum absolute atomic E-state index is 0.00203. The molecule has 0 rings (SSSR count). The van der Waals surface area contributed by atoms with Crippen LogP contribution in [0.4, 0.5) is 0 Å². The summed E-state index contributed by atoms with van der Waals surface area (Å²) in [7, 11) is 0. The predicted octanol–water partition coefficient (Wildman–Crippen LogP) is -0.495. The number of nitrogens with one attached hydrogen (secondary N) is 1. The van der Waals surface area contributed by atoms with Crippen LogP contribution >= 0.6 is 0 Å². The zero-order chi connectivity index (χ0) is 13.6. The third kappa shape index (κ3) is 8.53. The van der Waals surface area contributed by atoms with Gasteiger partial charge in [-0.25, -0.2) is 5.84 Å². The van der Waals surface area contributed by atoms with Gasteiger partial charge in [0.15, 0.2) is 0 Å². The highest BCUT2D eigenvalue weighted by atomic mass is 16.3. The number of rotatable bonds is 5. The monoisotopic (exact) mass is 244 g/mol. The third-order valence-corrected chi connectivity index (χ3v) is 1.82. The molecule has 0 aromatic heterocycles. The van der Waals surface area contributed by atoms with Crippen molar-refractivity contribution in [2.24, 2.45) is 17.0 Å². The molecular weight excluding hydrogens is 220 g/mol. The zero-order valence-corrected chi connectivity index (χ0v) is 11.0. The second-order valence-electron chi connectivity index (χ2n) is 5.37. The highest BCUT2D eigenvalue weighted by Crippen LogP contribution is 2.10. The molecule has 6 N–H and O–H groups in total. The van der Waals surface area contributed by atoms with Crippen LogP contribution in [-0.2, 0) is 4.79 Å². The van der Waals surface area contributed by atoms with E-state index in [-0.39, 0.29) is 23.6 Å². The van der Waals surface area contributed by atoms with Gasteiger partial charge >= 0.3 is 0 Å². The molecule has 100 valence electrons. The molecule has 0 aliphatic carbocycles. The van der Waals surface area contributed by atoms with Gasteiger partial charge in [-0.1, -0.05) is 20.8 Å². The molecular formula is C11H24N4O2. The maximum atomic E-state index is 11.6. The molecule has 1 amide bonds. The summed E-state index contributed by atoms with van der Waals surface area (Å²) in [6.45, 7) is 8.37. The van der Waals surface area contributed by atoms with Crippen LogP contribution in [0.2, 0.25) is 0 Å². The summed E-state index contributed by atoms with van der Waals surface area (Å²) in [5, 5.41) is 13.0. The number of aliphatic hydroxyl groups is 1. The summed E-state index contributed by atoms with van der Waals surface area (Å²) >= 11 is 0. The van der Waals surface area contributed by atoms with Gasteiger partial charge in [-0.2, -0.15) is 0 Å². The van der Waals surface area contributed by atoms with Crippen LogP contribution in [-0.4, -0.2) is 35.2 Å². The standard InChI is InChI=1S/C11H24N4O2/c1-8(16)5-15(13)6-9(12)10(17)14-7-11(2,3)4/h6,8,16H,5,7,12-13H2,1-4H3,(H,14,17)/b9-6-. The summed E-state index contributed by atoms with van der Waals surface area (Å²) in [6.07, 6.45) is 0.728. The van der Waals surface area contributed by atoms with Crippen molar-refractivity contribution in [3.63, 3.8) is 0 Å². The van der Waals surface area contributed by atoms with Crippen LogP contribution in [0.1, 0.15) is 27.7 Å². The van der Waals surface area contributed by atoms with Gasteiger partial charge < -0.3 is 21.2 Å². The lowest BCUT2D eigenvalue weighted by Gasteiger charge is -2.20. The van der Waals surface area contributed by atoms with Crippen molar-refractivity contribution in [2.75, 3.05) is 13.1 Å². The molecule has 0 heterocycles. The molecule has 0 radical (unpaired) electrons. The quantitative estimate of drug-likeness (QED) is 0.297. The molecule has 0 aromatic rings. The maximum Gasteiger partial charge on any atom is 0.268 e. The van der Waals surface area contributed by atoms with Crippen molar-refractivity contribution in [1.29, 1.82) is 0 Å². The maximum absolute atomic E-state index is 11.6. The van der Waals surface area contributed by atoms with Crippen molar-refractivity contribution in [1.82, 2.24) is 10.3 Å². The fourth-order valence-corrected chi connectivity index (χ4v) is 1.04. The number of aliphatic hydroxyl groups excluding tert-OH is 1. The van der Waals surface area contributed by atoms with E-state index in [1.807, 2.05) is 20.8 Å². The Bertz CT molecular complexity index is 282. The molecule has 0 saturated heterocycles. The van der Waals surface area contributed by atoms with E-state index in [0.29, 0.717) is 6.54 Å². The summed E-state index contributed by atoms with van der Waals surface area (Å²) in [5.41, 5.74) is 5.59. The van der Waals surface area contributed by atoms with E-state index in [4.69, 9.17) is 16.7 Å². The summed E-state index contributed by atoms with van der Waals surface area (Å²) in [5.74, 6) is 5.17. The Morgan fingerprint density at radius 3 is 2.47 bits per heavy atom. The first-order chi connectivity index (χ1) is 7.61. The van der Waals surface area contributed by atoms with E-state index in [9.17, 15) is 4.79 Å². The molecule has 0 saturated carbocycles. The highest BCUT2D eigenvalue weighted by Gasteiger charge is 2.13. The van der Waals surface area contributed by atoms with E-state index in [0.717, 1.165) is 0 Å². The molecule has 0 spiro atoms. The molecule has 6 nitrogen and oxygen atoms in total. The molecule has 0 aliphatic rings. The molecule has 1 unspecified atom stereocenters. The fraction of sp³-hybridized carbons (Fsp3) is 0.727. The molecule has 0 aromatic carbocycles. The van der Waals surface area contributed by atoms with E-state index >= 15 is 0 Å². The number of carbonyl (C=O) groups is 1. The average molecular weight is 244 g/mol. The Kier molecular flexibility index (Phi) is 5.98. The Morgan fingerprint density at radius 2 is 2.06 bits per heavy atom.